The molecule has 0 aliphatic heterocycles. The van der Waals surface area contributed by atoms with E-state index in [1.807, 2.05) is 0 Å². The fourth-order valence-corrected chi connectivity index (χ4v) is 2.50. The Hall–Kier alpha value is -3.80. The van der Waals surface area contributed by atoms with Crippen molar-refractivity contribution in [3.05, 3.63) is 83.9 Å². The largest absolute Gasteiger partial charge is 0.506 e. The van der Waals surface area contributed by atoms with Crippen LogP contribution in [0.25, 0.3) is 0 Å². The van der Waals surface area contributed by atoms with E-state index in [4.69, 9.17) is 4.74 Å². The average Bonchev–Trinajstić information content (AvgIpc) is 2.70. The quantitative estimate of drug-likeness (QED) is 0.601. The molecule has 136 valence electrons. The van der Waals surface area contributed by atoms with Crippen molar-refractivity contribution < 1.29 is 19.4 Å². The van der Waals surface area contributed by atoms with E-state index in [0.717, 1.165) is 0 Å². The maximum atomic E-state index is 12.6. The molecule has 0 fully saturated rings. The predicted octanol–water partition coefficient (Wildman–Crippen LogP) is 3.91. The molecule has 0 saturated carbocycles. The zero-order valence-corrected chi connectivity index (χ0v) is 14.6. The second kappa shape index (κ2) is 8.05. The third kappa shape index (κ3) is 4.24. The van der Waals surface area contributed by atoms with Crippen molar-refractivity contribution in [1.29, 1.82) is 0 Å². The lowest BCUT2D eigenvalue weighted by Crippen LogP contribution is -2.18. The first kappa shape index (κ1) is 18.0. The van der Waals surface area contributed by atoms with Crippen LogP contribution in [-0.4, -0.2) is 24.0 Å². The third-order valence-corrected chi connectivity index (χ3v) is 3.92. The minimum Gasteiger partial charge on any atom is -0.506 e. The lowest BCUT2D eigenvalue weighted by Gasteiger charge is -2.12. The molecule has 0 unspecified atom stereocenters. The van der Waals surface area contributed by atoms with Crippen LogP contribution >= 0.6 is 0 Å². The zero-order valence-electron chi connectivity index (χ0n) is 14.6. The Morgan fingerprint density at radius 3 is 2.04 bits per heavy atom. The molecule has 6 nitrogen and oxygen atoms in total. The number of amides is 2. The number of nitrogens with one attached hydrogen (secondary N) is 2. The molecular formula is C21H18N2O4. The number of benzene rings is 3. The number of methoxy groups -OCH3 is 1. The number of phenolic OH excluding ortho intramolecular Hbond substituents is 1. The van der Waals surface area contributed by atoms with E-state index in [1.54, 1.807) is 73.8 Å². The number of carbonyl (C=O) groups excluding carboxylic acids is 2. The molecule has 0 saturated heterocycles. The van der Waals surface area contributed by atoms with Gasteiger partial charge in [-0.25, -0.2) is 0 Å². The molecule has 2 amide bonds. The molecule has 0 aromatic heterocycles. The maximum absolute atomic E-state index is 12.6. The van der Waals surface area contributed by atoms with Gasteiger partial charge < -0.3 is 20.5 Å². The monoisotopic (exact) mass is 362 g/mol. The van der Waals surface area contributed by atoms with Gasteiger partial charge in [-0.2, -0.15) is 0 Å². The first-order valence-corrected chi connectivity index (χ1v) is 8.22. The van der Waals surface area contributed by atoms with Crippen LogP contribution in [-0.2, 0) is 0 Å². The molecule has 3 rings (SSSR count). The number of carbonyl (C=O) groups is 2. The Morgan fingerprint density at radius 2 is 1.37 bits per heavy atom. The zero-order chi connectivity index (χ0) is 19.2. The molecule has 0 bridgehead atoms. The number of aromatic hydroxyl groups is 1. The minimum atomic E-state index is -0.442. The highest BCUT2D eigenvalue weighted by Crippen LogP contribution is 2.24. The van der Waals surface area contributed by atoms with E-state index >= 15 is 0 Å². The first-order chi connectivity index (χ1) is 13.1. The molecule has 6 heteroatoms. The first-order valence-electron chi connectivity index (χ1n) is 8.22. The lowest BCUT2D eigenvalue weighted by molar-refractivity contribution is 0.102. The number of ether oxygens (including phenoxy) is 1. The van der Waals surface area contributed by atoms with Gasteiger partial charge in [-0.05, 0) is 48.5 Å². The van der Waals surface area contributed by atoms with E-state index < -0.39 is 5.91 Å². The Labute approximate surface area is 156 Å². The Balaban J connectivity index is 1.79. The molecule has 3 N–H and O–H groups in total. The lowest BCUT2D eigenvalue weighted by atomic mass is 10.1. The van der Waals surface area contributed by atoms with Crippen molar-refractivity contribution in [2.45, 2.75) is 0 Å². The molecule has 0 aliphatic carbocycles. The Morgan fingerprint density at radius 1 is 0.778 bits per heavy atom. The van der Waals surface area contributed by atoms with Crippen LogP contribution in [0.3, 0.4) is 0 Å². The molecule has 3 aromatic rings. The van der Waals surface area contributed by atoms with Crippen molar-refractivity contribution >= 4 is 23.2 Å². The van der Waals surface area contributed by atoms with Gasteiger partial charge in [-0.1, -0.05) is 24.3 Å². The van der Waals surface area contributed by atoms with Crippen LogP contribution in [0, 0.1) is 0 Å². The normalized spacial score (nSPS) is 10.1. The van der Waals surface area contributed by atoms with E-state index in [2.05, 4.69) is 10.6 Å². The predicted molar refractivity (Wildman–Crippen MR) is 103 cm³/mol. The SMILES string of the molecule is COc1ccc(C(=O)Nc2ccccc2C(=O)Nc2ccccc2O)cc1. The van der Waals surface area contributed by atoms with Crippen molar-refractivity contribution in [1.82, 2.24) is 0 Å². The number of phenols is 1. The minimum absolute atomic E-state index is 0.0365. The number of para-hydroxylation sites is 3. The van der Waals surface area contributed by atoms with Crippen LogP contribution in [0.15, 0.2) is 72.8 Å². The van der Waals surface area contributed by atoms with Gasteiger partial charge in [0.1, 0.15) is 11.5 Å². The summed E-state index contributed by atoms with van der Waals surface area (Å²) < 4.78 is 5.08. The molecule has 0 atom stereocenters. The number of anilines is 2. The summed E-state index contributed by atoms with van der Waals surface area (Å²) in [6.45, 7) is 0. The summed E-state index contributed by atoms with van der Waals surface area (Å²) in [5.74, 6) is -0.179. The van der Waals surface area contributed by atoms with Gasteiger partial charge in [0.05, 0.1) is 24.0 Å². The third-order valence-electron chi connectivity index (χ3n) is 3.92. The fraction of sp³-hybridized carbons (Fsp3) is 0.0476. The van der Waals surface area contributed by atoms with Crippen LogP contribution in [0.5, 0.6) is 11.5 Å². The summed E-state index contributed by atoms with van der Waals surface area (Å²) in [4.78, 5) is 25.1. The highest BCUT2D eigenvalue weighted by atomic mass is 16.5. The highest BCUT2D eigenvalue weighted by molar-refractivity contribution is 6.12. The van der Waals surface area contributed by atoms with Gasteiger partial charge >= 0.3 is 0 Å². The van der Waals surface area contributed by atoms with E-state index in [-0.39, 0.29) is 17.2 Å². The number of hydrogen-bond donors (Lipinski definition) is 3. The molecule has 0 heterocycles. The van der Waals surface area contributed by atoms with E-state index in [1.165, 1.54) is 6.07 Å². The van der Waals surface area contributed by atoms with Crippen LogP contribution in [0.4, 0.5) is 11.4 Å². The summed E-state index contributed by atoms with van der Waals surface area (Å²) in [6, 6.07) is 19.7. The summed E-state index contributed by atoms with van der Waals surface area (Å²) in [7, 11) is 1.55. The summed E-state index contributed by atoms with van der Waals surface area (Å²) in [6.07, 6.45) is 0. The van der Waals surface area contributed by atoms with Crippen LogP contribution in [0.1, 0.15) is 20.7 Å². The highest BCUT2D eigenvalue weighted by Gasteiger charge is 2.15. The van der Waals surface area contributed by atoms with Gasteiger partial charge in [0.2, 0.25) is 0 Å². The second-order valence-electron chi connectivity index (χ2n) is 5.70. The van der Waals surface area contributed by atoms with Crippen molar-refractivity contribution in [2.75, 3.05) is 17.7 Å². The van der Waals surface area contributed by atoms with Crippen molar-refractivity contribution in [2.24, 2.45) is 0 Å². The molecule has 0 spiro atoms. The van der Waals surface area contributed by atoms with E-state index in [0.29, 0.717) is 22.7 Å². The van der Waals surface area contributed by atoms with Gasteiger partial charge in [0.25, 0.3) is 11.8 Å². The van der Waals surface area contributed by atoms with Gasteiger partial charge in [-0.15, -0.1) is 0 Å². The molecule has 27 heavy (non-hydrogen) atoms. The molecular weight excluding hydrogens is 344 g/mol. The summed E-state index contributed by atoms with van der Waals surface area (Å²) >= 11 is 0. The van der Waals surface area contributed by atoms with Gasteiger partial charge in [0, 0.05) is 5.56 Å². The average molecular weight is 362 g/mol. The summed E-state index contributed by atoms with van der Waals surface area (Å²) in [5.41, 5.74) is 1.37. The van der Waals surface area contributed by atoms with Crippen molar-refractivity contribution in [3.63, 3.8) is 0 Å². The maximum Gasteiger partial charge on any atom is 0.257 e. The Bertz CT molecular complexity index is 968. The van der Waals surface area contributed by atoms with E-state index in [9.17, 15) is 14.7 Å². The molecule has 3 aromatic carbocycles. The van der Waals surface area contributed by atoms with Gasteiger partial charge in [0.15, 0.2) is 0 Å². The molecule has 0 aliphatic rings. The standard InChI is InChI=1S/C21H18N2O4/c1-27-15-12-10-14(11-13-15)20(25)22-17-7-3-2-6-16(17)21(26)23-18-8-4-5-9-19(18)24/h2-13,24H,1H3,(H,22,25)(H,23,26). The Kier molecular flexibility index (Phi) is 5.37. The smallest absolute Gasteiger partial charge is 0.257 e. The topological polar surface area (TPSA) is 87.7 Å². The number of hydrogen-bond acceptors (Lipinski definition) is 4. The number of rotatable bonds is 5. The van der Waals surface area contributed by atoms with Gasteiger partial charge in [-0.3, -0.25) is 9.59 Å². The van der Waals surface area contributed by atoms with Crippen LogP contribution in [0.2, 0.25) is 0 Å². The summed E-state index contributed by atoms with van der Waals surface area (Å²) in [5, 5.41) is 15.2. The van der Waals surface area contributed by atoms with Crippen LogP contribution < -0.4 is 15.4 Å². The fourth-order valence-electron chi connectivity index (χ4n) is 2.50. The molecule has 0 radical (unpaired) electrons. The van der Waals surface area contributed by atoms with Crippen molar-refractivity contribution in [3.8, 4) is 11.5 Å². The second-order valence-corrected chi connectivity index (χ2v) is 5.70.